The second-order valence-corrected chi connectivity index (χ2v) is 7.94. The molecule has 148 valence electrons. The predicted octanol–water partition coefficient (Wildman–Crippen LogP) is 3.94. The third-order valence-electron chi connectivity index (χ3n) is 4.10. The maximum Gasteiger partial charge on any atom is 3.00 e. The number of hydrogen-bond acceptors (Lipinski definition) is 3. The van der Waals surface area contributed by atoms with E-state index in [1.54, 1.807) is 27.9 Å². The first-order chi connectivity index (χ1) is 11.4. The summed E-state index contributed by atoms with van der Waals surface area (Å²) in [5.41, 5.74) is 0.625. The van der Waals surface area contributed by atoms with Crippen molar-refractivity contribution in [2.24, 2.45) is 0 Å². The molecule has 1 atom stereocenters. The summed E-state index contributed by atoms with van der Waals surface area (Å²) in [6.07, 6.45) is 0.400. The summed E-state index contributed by atoms with van der Waals surface area (Å²) in [6, 6.07) is 7.24. The van der Waals surface area contributed by atoms with Gasteiger partial charge in [-0.2, -0.15) is 7.05 Å². The van der Waals surface area contributed by atoms with Gasteiger partial charge in [-0.15, -0.1) is 0 Å². The van der Waals surface area contributed by atoms with Gasteiger partial charge in [-0.25, -0.2) is 4.79 Å². The van der Waals surface area contributed by atoms with Crippen LogP contribution in [0.15, 0.2) is 24.3 Å². The molecule has 0 bridgehead atoms. The fraction of sp³-hybridized carbons (Fsp3) is 0.571. The largest absolute Gasteiger partial charge is 3.00 e. The zero-order valence-corrected chi connectivity index (χ0v) is 21.1. The quantitative estimate of drug-likeness (QED) is 0.486. The Morgan fingerprint density at radius 1 is 1.11 bits per heavy atom. The van der Waals surface area contributed by atoms with Crippen LogP contribution in [0.3, 0.4) is 0 Å². The van der Waals surface area contributed by atoms with Gasteiger partial charge in [0.25, 0.3) is 0 Å². The molecule has 0 aliphatic carbocycles. The third-order valence-corrected chi connectivity index (χ3v) is 4.10. The molecule has 1 rings (SSSR count). The standard InChI is InChI=1S/C20H31N2O3.CH3.Y/c1-14-9-11-15(12-10-14)13-16(17(23)25-19(2,3)4)22(8)18(24)20(5,6)21-7;;/h9-12,16H,13H2,1-8H3;1H3;/q2*-1;+3. The number of carbonyl (C=O) groups excluding carboxylic acids is 2. The van der Waals surface area contributed by atoms with Gasteiger partial charge in [-0.05, 0) is 38.8 Å². The van der Waals surface area contributed by atoms with Crippen LogP contribution in [0.2, 0.25) is 0 Å². The van der Waals surface area contributed by atoms with Crippen LogP contribution < -0.4 is 0 Å². The van der Waals surface area contributed by atoms with Crippen LogP contribution in [-0.2, 0) is 53.5 Å². The van der Waals surface area contributed by atoms with Gasteiger partial charge in [-0.3, -0.25) is 4.79 Å². The molecular formula is C21H34N2O3Y+. The monoisotopic (exact) mass is 451 g/mol. The number of ether oxygens (including phenoxy) is 1. The molecule has 0 saturated heterocycles. The fourth-order valence-electron chi connectivity index (χ4n) is 2.36. The topological polar surface area (TPSA) is 60.7 Å². The first-order valence-corrected chi connectivity index (χ1v) is 8.54. The van der Waals surface area contributed by atoms with E-state index in [2.05, 4.69) is 5.32 Å². The molecular weight excluding hydrogens is 417 g/mol. The summed E-state index contributed by atoms with van der Waals surface area (Å²) in [7, 11) is 3.24. The van der Waals surface area contributed by atoms with Crippen molar-refractivity contribution < 1.29 is 47.0 Å². The average Bonchev–Trinajstić information content (AvgIpc) is 2.51. The molecule has 1 unspecified atom stereocenters. The third kappa shape index (κ3) is 8.84. The Labute approximate surface area is 190 Å². The maximum absolute atomic E-state index is 12.8. The Kier molecular flexibility index (Phi) is 11.9. The number of carbonyl (C=O) groups is 2. The second kappa shape index (κ2) is 11.3. The number of likely N-dealkylation sites (N-methyl/N-ethyl adjacent to an activating group) is 2. The molecule has 6 heteroatoms. The van der Waals surface area contributed by atoms with E-state index in [1.165, 1.54) is 4.90 Å². The second-order valence-electron chi connectivity index (χ2n) is 7.94. The number of aryl methyl sites for hydroxylation is 1. The van der Waals surface area contributed by atoms with E-state index in [9.17, 15) is 9.59 Å². The zero-order chi connectivity index (χ0) is 19.4. The number of nitrogens with zero attached hydrogens (tertiary/aromatic N) is 2. The van der Waals surface area contributed by atoms with E-state index in [1.807, 2.05) is 52.0 Å². The molecule has 1 aromatic rings. The molecule has 5 nitrogen and oxygen atoms in total. The number of rotatable bonds is 6. The Hall–Kier alpha value is -0.776. The molecule has 0 radical (unpaired) electrons. The molecule has 1 aromatic carbocycles. The predicted molar refractivity (Wildman–Crippen MR) is 107 cm³/mol. The van der Waals surface area contributed by atoms with Gasteiger partial charge in [0.1, 0.15) is 11.6 Å². The molecule has 0 aliphatic heterocycles. The van der Waals surface area contributed by atoms with E-state index in [0.29, 0.717) is 6.42 Å². The normalized spacial score (nSPS) is 12.3. The van der Waals surface area contributed by atoms with Crippen LogP contribution in [0, 0.1) is 14.4 Å². The first kappa shape index (κ1) is 28.4. The van der Waals surface area contributed by atoms with Crippen molar-refractivity contribution in [1.29, 1.82) is 0 Å². The molecule has 1 amide bonds. The van der Waals surface area contributed by atoms with Crippen molar-refractivity contribution in [3.8, 4) is 0 Å². The van der Waals surface area contributed by atoms with Gasteiger partial charge in [0.2, 0.25) is 5.91 Å². The first-order valence-electron chi connectivity index (χ1n) is 8.54. The van der Waals surface area contributed by atoms with Crippen molar-refractivity contribution in [3.63, 3.8) is 0 Å². The van der Waals surface area contributed by atoms with E-state index in [0.717, 1.165) is 11.1 Å². The number of benzene rings is 1. The van der Waals surface area contributed by atoms with E-state index < -0.39 is 23.2 Å². The Bertz CT molecular complexity index is 607. The summed E-state index contributed by atoms with van der Waals surface area (Å²) >= 11 is 0. The van der Waals surface area contributed by atoms with Crippen molar-refractivity contribution in [3.05, 3.63) is 48.1 Å². The summed E-state index contributed by atoms with van der Waals surface area (Å²) in [5, 5.41) is 4.13. The van der Waals surface area contributed by atoms with E-state index in [4.69, 9.17) is 4.74 Å². The fourth-order valence-corrected chi connectivity index (χ4v) is 2.36. The summed E-state index contributed by atoms with van der Waals surface area (Å²) in [6.45, 7) is 11.0. The van der Waals surface area contributed by atoms with Gasteiger partial charge in [0.05, 0.1) is 0 Å². The minimum atomic E-state index is -0.887. The molecule has 0 heterocycles. The number of amides is 1. The molecule has 0 spiro atoms. The van der Waals surface area contributed by atoms with E-state index in [-0.39, 0.29) is 46.0 Å². The van der Waals surface area contributed by atoms with Crippen LogP contribution in [0.1, 0.15) is 45.7 Å². The van der Waals surface area contributed by atoms with Gasteiger partial charge < -0.3 is 22.4 Å². The zero-order valence-electron chi connectivity index (χ0n) is 18.3. The average molecular weight is 451 g/mol. The Balaban J connectivity index is 0. The van der Waals surface area contributed by atoms with Crippen LogP contribution in [0.25, 0.3) is 5.32 Å². The van der Waals surface area contributed by atoms with Crippen molar-refractivity contribution in [2.45, 2.75) is 65.1 Å². The SMILES string of the molecule is C[N-]C(C)(C)C(=O)N(C)C(Cc1ccc(C)cc1)C(=O)OC(C)(C)C.[CH3-].[Y+3]. The Morgan fingerprint density at radius 2 is 1.59 bits per heavy atom. The molecule has 27 heavy (non-hydrogen) atoms. The van der Waals surface area contributed by atoms with Crippen LogP contribution in [0.4, 0.5) is 0 Å². The molecule has 0 fully saturated rings. The van der Waals surface area contributed by atoms with Crippen molar-refractivity contribution >= 4 is 11.9 Å². The minimum absolute atomic E-state index is 0. The van der Waals surface area contributed by atoms with Crippen molar-refractivity contribution in [1.82, 2.24) is 4.90 Å². The number of esters is 1. The van der Waals surface area contributed by atoms with E-state index >= 15 is 0 Å². The summed E-state index contributed by atoms with van der Waals surface area (Å²) in [5.74, 6) is -0.617. The molecule has 0 N–H and O–H groups in total. The smallest absolute Gasteiger partial charge is 0.652 e. The van der Waals surface area contributed by atoms with Gasteiger partial charge in [-0.1, -0.05) is 43.7 Å². The molecule has 0 saturated carbocycles. The van der Waals surface area contributed by atoms with Gasteiger partial charge >= 0.3 is 38.7 Å². The molecule has 0 aliphatic rings. The summed E-state index contributed by atoms with van der Waals surface area (Å²) in [4.78, 5) is 27.0. The summed E-state index contributed by atoms with van der Waals surface area (Å²) < 4.78 is 5.55. The number of hydrogen-bond donors (Lipinski definition) is 0. The van der Waals surface area contributed by atoms with Gasteiger partial charge in [0.15, 0.2) is 0 Å². The van der Waals surface area contributed by atoms with Gasteiger partial charge in [0, 0.05) is 13.5 Å². The van der Waals surface area contributed by atoms with Crippen LogP contribution in [0.5, 0.6) is 0 Å². The van der Waals surface area contributed by atoms with Crippen molar-refractivity contribution in [2.75, 3.05) is 14.1 Å². The van der Waals surface area contributed by atoms with Crippen LogP contribution in [-0.4, -0.2) is 48.1 Å². The molecule has 0 aromatic heterocycles. The van der Waals surface area contributed by atoms with Crippen LogP contribution >= 0.6 is 0 Å². The minimum Gasteiger partial charge on any atom is -0.652 e. The Morgan fingerprint density at radius 3 is 2.00 bits per heavy atom. The maximum atomic E-state index is 12.8.